The molecule has 0 amide bonds. The third-order valence-corrected chi connectivity index (χ3v) is 3.73. The molecular weight excluding hydrogens is 277 g/mol. The Morgan fingerprint density at radius 3 is 2.55 bits per heavy atom. The minimum absolute atomic E-state index is 0.0975. The van der Waals surface area contributed by atoms with Gasteiger partial charge in [0.2, 0.25) is 0 Å². The molecule has 0 aromatic heterocycles. The van der Waals surface area contributed by atoms with E-state index in [9.17, 15) is 4.39 Å². The van der Waals surface area contributed by atoms with E-state index < -0.39 is 0 Å². The van der Waals surface area contributed by atoms with Gasteiger partial charge in [0.1, 0.15) is 5.82 Å². The van der Waals surface area contributed by atoms with E-state index in [0.29, 0.717) is 5.92 Å². The van der Waals surface area contributed by atoms with Crippen molar-refractivity contribution >= 4 is 11.6 Å². The van der Waals surface area contributed by atoms with Crippen molar-refractivity contribution < 1.29 is 9.13 Å². The number of hydrogen-bond acceptors (Lipinski definition) is 2. The number of hydrogen-bond donors (Lipinski definition) is 1. The van der Waals surface area contributed by atoms with E-state index in [4.69, 9.17) is 16.3 Å². The maximum atomic E-state index is 13.5. The van der Waals surface area contributed by atoms with Crippen LogP contribution in [0.25, 0.3) is 0 Å². The number of rotatable bonds is 8. The van der Waals surface area contributed by atoms with Gasteiger partial charge in [0.15, 0.2) is 0 Å². The fourth-order valence-corrected chi connectivity index (χ4v) is 2.57. The molecule has 1 N–H and O–H groups in total. The summed E-state index contributed by atoms with van der Waals surface area (Å²) in [6.45, 7) is 7.32. The molecule has 0 aliphatic heterocycles. The number of benzene rings is 1. The second-order valence-electron chi connectivity index (χ2n) is 5.46. The molecule has 0 saturated heterocycles. The Morgan fingerprint density at radius 1 is 1.35 bits per heavy atom. The summed E-state index contributed by atoms with van der Waals surface area (Å²) in [7, 11) is 1.73. The van der Waals surface area contributed by atoms with Gasteiger partial charge in [-0.25, -0.2) is 4.39 Å². The van der Waals surface area contributed by atoms with Gasteiger partial charge >= 0.3 is 0 Å². The molecule has 0 aliphatic rings. The molecule has 1 rings (SSSR count). The smallest absolute Gasteiger partial charge is 0.142 e. The van der Waals surface area contributed by atoms with Crippen LogP contribution in [0, 0.1) is 11.7 Å². The molecule has 0 bridgehead atoms. The van der Waals surface area contributed by atoms with E-state index in [1.807, 2.05) is 6.07 Å². The van der Waals surface area contributed by atoms with E-state index >= 15 is 0 Å². The topological polar surface area (TPSA) is 21.3 Å². The molecule has 114 valence electrons. The van der Waals surface area contributed by atoms with E-state index in [-0.39, 0.29) is 23.0 Å². The monoisotopic (exact) mass is 301 g/mol. The maximum Gasteiger partial charge on any atom is 0.142 e. The zero-order valence-corrected chi connectivity index (χ0v) is 13.5. The van der Waals surface area contributed by atoms with Gasteiger partial charge < -0.3 is 10.1 Å². The number of methoxy groups -OCH3 is 1. The Kier molecular flexibility index (Phi) is 7.49. The average molecular weight is 302 g/mol. The molecule has 4 heteroatoms. The van der Waals surface area contributed by atoms with Gasteiger partial charge in [0.25, 0.3) is 0 Å². The summed E-state index contributed by atoms with van der Waals surface area (Å²) in [5.41, 5.74) is 0.934. The lowest BCUT2D eigenvalue weighted by atomic mass is 9.93. The summed E-state index contributed by atoms with van der Waals surface area (Å²) in [5.74, 6) is 0.0309. The van der Waals surface area contributed by atoms with Crippen LogP contribution < -0.4 is 5.32 Å². The van der Waals surface area contributed by atoms with Crippen molar-refractivity contribution in [1.82, 2.24) is 5.32 Å². The second-order valence-corrected chi connectivity index (χ2v) is 5.86. The molecule has 2 unspecified atom stereocenters. The third-order valence-electron chi connectivity index (χ3n) is 3.42. The highest BCUT2D eigenvalue weighted by molar-refractivity contribution is 6.30. The first-order valence-corrected chi connectivity index (χ1v) is 7.57. The number of halogens is 2. The summed E-state index contributed by atoms with van der Waals surface area (Å²) >= 11 is 5.73. The lowest BCUT2D eigenvalue weighted by Gasteiger charge is -2.30. The minimum atomic E-state index is -0.364. The van der Waals surface area contributed by atoms with Crippen LogP contribution >= 0.6 is 11.6 Å². The fourth-order valence-electron chi connectivity index (χ4n) is 2.46. The number of ether oxygens (including phenoxy) is 1. The van der Waals surface area contributed by atoms with Gasteiger partial charge in [0, 0.05) is 13.2 Å². The molecule has 0 fully saturated rings. The van der Waals surface area contributed by atoms with Crippen LogP contribution in [-0.2, 0) is 11.2 Å². The zero-order valence-electron chi connectivity index (χ0n) is 12.7. The van der Waals surface area contributed by atoms with Crippen molar-refractivity contribution in [3.05, 3.63) is 34.6 Å². The van der Waals surface area contributed by atoms with E-state index in [1.54, 1.807) is 13.2 Å². The molecule has 0 aliphatic carbocycles. The van der Waals surface area contributed by atoms with E-state index in [2.05, 4.69) is 26.1 Å². The van der Waals surface area contributed by atoms with Gasteiger partial charge in [-0.2, -0.15) is 0 Å². The van der Waals surface area contributed by atoms with Gasteiger partial charge in [0.05, 0.1) is 11.1 Å². The summed E-state index contributed by atoms with van der Waals surface area (Å²) in [6, 6.07) is 5.16. The number of nitrogens with one attached hydrogen (secondary N) is 1. The van der Waals surface area contributed by atoms with Crippen LogP contribution in [0.15, 0.2) is 18.2 Å². The highest BCUT2D eigenvalue weighted by Crippen LogP contribution is 2.19. The third kappa shape index (κ3) is 5.04. The molecule has 1 aromatic carbocycles. The molecule has 20 heavy (non-hydrogen) atoms. The summed E-state index contributed by atoms with van der Waals surface area (Å²) in [4.78, 5) is 0. The van der Waals surface area contributed by atoms with Gasteiger partial charge in [-0.05, 0) is 43.0 Å². The van der Waals surface area contributed by atoms with Crippen LogP contribution in [-0.4, -0.2) is 25.8 Å². The molecule has 0 saturated carbocycles. The van der Waals surface area contributed by atoms with Crippen molar-refractivity contribution in [2.24, 2.45) is 5.92 Å². The lowest BCUT2D eigenvalue weighted by Crippen LogP contribution is -2.45. The highest BCUT2D eigenvalue weighted by Gasteiger charge is 2.24. The maximum absolute atomic E-state index is 13.5. The lowest BCUT2D eigenvalue weighted by molar-refractivity contribution is 0.0332. The van der Waals surface area contributed by atoms with Crippen LogP contribution in [0.5, 0.6) is 0 Å². The largest absolute Gasteiger partial charge is 0.380 e. The highest BCUT2D eigenvalue weighted by atomic mass is 35.5. The van der Waals surface area contributed by atoms with Gasteiger partial charge in [-0.1, -0.05) is 38.4 Å². The Morgan fingerprint density at radius 2 is 2.05 bits per heavy atom. The zero-order chi connectivity index (χ0) is 15.1. The van der Waals surface area contributed by atoms with Gasteiger partial charge in [-0.3, -0.25) is 0 Å². The minimum Gasteiger partial charge on any atom is -0.380 e. The normalized spacial score (nSPS) is 14.6. The van der Waals surface area contributed by atoms with Crippen LogP contribution in [0.4, 0.5) is 4.39 Å². The van der Waals surface area contributed by atoms with Crippen molar-refractivity contribution in [2.45, 2.75) is 45.8 Å². The summed E-state index contributed by atoms with van der Waals surface area (Å²) in [6.07, 6.45) is 1.88. The fraction of sp³-hybridized carbons (Fsp3) is 0.625. The van der Waals surface area contributed by atoms with Crippen LogP contribution in [0.3, 0.4) is 0 Å². The molecule has 0 radical (unpaired) electrons. The summed E-state index contributed by atoms with van der Waals surface area (Å²) < 4.78 is 19.2. The Balaban J connectivity index is 2.84. The molecule has 0 heterocycles. The Bertz CT molecular complexity index is 411. The molecule has 0 spiro atoms. The second kappa shape index (κ2) is 8.60. The predicted molar refractivity (Wildman–Crippen MR) is 82.8 cm³/mol. The molecule has 2 atom stereocenters. The van der Waals surface area contributed by atoms with Crippen molar-refractivity contribution in [3.63, 3.8) is 0 Å². The van der Waals surface area contributed by atoms with Crippen molar-refractivity contribution in [2.75, 3.05) is 13.7 Å². The van der Waals surface area contributed by atoms with Crippen LogP contribution in [0.1, 0.15) is 32.8 Å². The summed E-state index contributed by atoms with van der Waals surface area (Å²) in [5, 5.41) is 3.67. The first kappa shape index (κ1) is 17.4. The quantitative estimate of drug-likeness (QED) is 0.782. The Hall–Kier alpha value is -0.640. The van der Waals surface area contributed by atoms with E-state index in [0.717, 1.165) is 24.9 Å². The van der Waals surface area contributed by atoms with E-state index in [1.165, 1.54) is 6.07 Å². The SMILES string of the molecule is CCCNC(Cc1ccc(Cl)c(F)c1)C(OC)C(C)C. The standard InChI is InChI=1S/C16H25ClFNO/c1-5-8-19-15(16(20-4)11(2)3)10-12-6-7-13(17)14(18)9-12/h6-7,9,11,15-16,19H,5,8,10H2,1-4H3. The molecular formula is C16H25ClFNO. The molecule has 1 aromatic rings. The van der Waals surface area contributed by atoms with Crippen molar-refractivity contribution in [3.8, 4) is 0 Å². The predicted octanol–water partition coefficient (Wildman–Crippen LogP) is 4.06. The average Bonchev–Trinajstić information content (AvgIpc) is 2.40. The first-order valence-electron chi connectivity index (χ1n) is 7.19. The Labute approximate surface area is 126 Å². The molecule has 2 nitrogen and oxygen atoms in total. The van der Waals surface area contributed by atoms with Crippen molar-refractivity contribution in [1.29, 1.82) is 0 Å². The first-order chi connectivity index (χ1) is 9.49. The van der Waals surface area contributed by atoms with Gasteiger partial charge in [-0.15, -0.1) is 0 Å². The van der Waals surface area contributed by atoms with Crippen LogP contribution in [0.2, 0.25) is 5.02 Å².